The average molecular weight is 303 g/mol. The van der Waals surface area contributed by atoms with Gasteiger partial charge in [0.05, 0.1) is 10.5 Å². The number of hydrogen-bond acceptors (Lipinski definition) is 5. The Morgan fingerprint density at radius 1 is 1.10 bits per heavy atom. The number of hydrogen-bond donors (Lipinski definition) is 1. The van der Waals surface area contributed by atoms with Crippen LogP contribution in [-0.4, -0.2) is 13.3 Å². The molecule has 106 valence electrons. The fourth-order valence-electron chi connectivity index (χ4n) is 1.71. The van der Waals surface area contributed by atoms with Crippen LogP contribution in [0.4, 0.5) is 11.4 Å². The van der Waals surface area contributed by atoms with Crippen molar-refractivity contribution in [2.24, 2.45) is 0 Å². The van der Waals surface area contributed by atoms with Gasteiger partial charge in [-0.25, -0.2) is 8.42 Å². The van der Waals surface area contributed by atoms with Gasteiger partial charge in [0.1, 0.15) is 16.7 Å². The van der Waals surface area contributed by atoms with Crippen molar-refractivity contribution < 1.29 is 13.3 Å². The van der Waals surface area contributed by atoms with Crippen LogP contribution in [0.15, 0.2) is 53.4 Å². The largest absolute Gasteiger partial charge is 0.293 e. The number of nitro benzene ring substituents is 1. The first kappa shape index (κ1) is 14.5. The van der Waals surface area contributed by atoms with Crippen molar-refractivity contribution in [3.63, 3.8) is 0 Å². The number of rotatable bonds is 4. The zero-order chi connectivity index (χ0) is 15.5. The van der Waals surface area contributed by atoms with Crippen molar-refractivity contribution in [3.8, 4) is 6.07 Å². The lowest BCUT2D eigenvalue weighted by Crippen LogP contribution is -2.15. The zero-order valence-corrected chi connectivity index (χ0v) is 11.4. The number of para-hydroxylation sites is 2. The molecule has 0 saturated carbocycles. The molecule has 1 N–H and O–H groups in total. The summed E-state index contributed by atoms with van der Waals surface area (Å²) in [6, 6.07) is 12.8. The molecule has 0 aliphatic heterocycles. The van der Waals surface area contributed by atoms with E-state index in [1.54, 1.807) is 6.07 Å². The molecule has 0 fully saturated rings. The second-order valence-electron chi connectivity index (χ2n) is 3.99. The standard InChI is InChI=1S/C13H9N3O4S/c14-9-10-5-1-4-8-13(10)21(19,20)15-11-6-2-3-7-12(11)16(17)18/h1-8,15H. The fourth-order valence-corrected chi connectivity index (χ4v) is 2.95. The van der Waals surface area contributed by atoms with Crippen LogP contribution in [0.5, 0.6) is 0 Å². The Kier molecular flexibility index (Phi) is 3.86. The van der Waals surface area contributed by atoms with Crippen LogP contribution in [0.2, 0.25) is 0 Å². The summed E-state index contributed by atoms with van der Waals surface area (Å²) in [6.07, 6.45) is 0. The van der Waals surface area contributed by atoms with E-state index in [9.17, 15) is 18.5 Å². The Balaban J connectivity index is 2.49. The monoisotopic (exact) mass is 303 g/mol. The topological polar surface area (TPSA) is 113 Å². The van der Waals surface area contributed by atoms with Crippen molar-refractivity contribution in [1.29, 1.82) is 5.26 Å². The van der Waals surface area contributed by atoms with E-state index in [1.165, 1.54) is 48.5 Å². The number of sulfonamides is 1. The molecule has 7 nitrogen and oxygen atoms in total. The molecule has 0 radical (unpaired) electrons. The Morgan fingerprint density at radius 3 is 2.38 bits per heavy atom. The number of nitro groups is 1. The second-order valence-corrected chi connectivity index (χ2v) is 5.64. The van der Waals surface area contributed by atoms with Crippen LogP contribution in [0.3, 0.4) is 0 Å². The highest BCUT2D eigenvalue weighted by atomic mass is 32.2. The summed E-state index contributed by atoms with van der Waals surface area (Å²) in [4.78, 5) is 9.97. The first-order valence-corrected chi connectivity index (χ1v) is 7.19. The van der Waals surface area contributed by atoms with Gasteiger partial charge in [0, 0.05) is 6.07 Å². The maximum absolute atomic E-state index is 12.3. The highest BCUT2D eigenvalue weighted by Gasteiger charge is 2.22. The fraction of sp³-hybridized carbons (Fsp3) is 0. The van der Waals surface area contributed by atoms with Crippen molar-refractivity contribution in [2.75, 3.05) is 4.72 Å². The van der Waals surface area contributed by atoms with Crippen LogP contribution < -0.4 is 4.72 Å². The smallest absolute Gasteiger partial charge is 0.273 e. The number of anilines is 1. The molecule has 21 heavy (non-hydrogen) atoms. The van der Waals surface area contributed by atoms with E-state index in [-0.39, 0.29) is 21.8 Å². The van der Waals surface area contributed by atoms with E-state index >= 15 is 0 Å². The van der Waals surface area contributed by atoms with E-state index in [2.05, 4.69) is 4.72 Å². The van der Waals surface area contributed by atoms with Gasteiger partial charge in [0.15, 0.2) is 0 Å². The summed E-state index contributed by atoms with van der Waals surface area (Å²) in [5.74, 6) is 0. The summed E-state index contributed by atoms with van der Waals surface area (Å²) < 4.78 is 26.7. The lowest BCUT2D eigenvalue weighted by Gasteiger charge is -2.09. The maximum Gasteiger partial charge on any atom is 0.293 e. The minimum absolute atomic E-state index is 0.0383. The van der Waals surface area contributed by atoms with Crippen molar-refractivity contribution in [2.45, 2.75) is 4.90 Å². The molecule has 2 aromatic rings. The molecule has 0 amide bonds. The second kappa shape index (κ2) is 5.60. The summed E-state index contributed by atoms with van der Waals surface area (Å²) >= 11 is 0. The number of nitrogens with zero attached hydrogens (tertiary/aromatic N) is 2. The first-order valence-electron chi connectivity index (χ1n) is 5.71. The van der Waals surface area contributed by atoms with E-state index in [1.807, 2.05) is 0 Å². The number of nitrogens with one attached hydrogen (secondary N) is 1. The molecule has 0 saturated heterocycles. The van der Waals surface area contributed by atoms with Gasteiger partial charge in [-0.3, -0.25) is 14.8 Å². The van der Waals surface area contributed by atoms with Gasteiger partial charge >= 0.3 is 0 Å². The third kappa shape index (κ3) is 2.98. The molecule has 0 aliphatic rings. The third-order valence-corrected chi connectivity index (χ3v) is 4.07. The molecule has 0 unspecified atom stereocenters. The maximum atomic E-state index is 12.3. The van der Waals surface area contributed by atoms with Gasteiger partial charge < -0.3 is 0 Å². The van der Waals surface area contributed by atoms with Crippen LogP contribution in [0.25, 0.3) is 0 Å². The first-order chi connectivity index (χ1) is 9.95. The molecular formula is C13H9N3O4S. The lowest BCUT2D eigenvalue weighted by atomic mass is 10.2. The molecule has 0 aliphatic carbocycles. The zero-order valence-electron chi connectivity index (χ0n) is 10.6. The third-order valence-electron chi connectivity index (χ3n) is 2.64. The van der Waals surface area contributed by atoms with Gasteiger partial charge in [-0.2, -0.15) is 5.26 Å². The minimum atomic E-state index is -4.09. The Morgan fingerprint density at radius 2 is 1.71 bits per heavy atom. The molecule has 2 aromatic carbocycles. The predicted octanol–water partition coefficient (Wildman–Crippen LogP) is 2.27. The van der Waals surface area contributed by atoms with E-state index in [0.29, 0.717) is 0 Å². The Bertz CT molecular complexity index is 840. The highest BCUT2D eigenvalue weighted by molar-refractivity contribution is 7.92. The molecule has 0 aromatic heterocycles. The average Bonchev–Trinajstić information content (AvgIpc) is 2.47. The SMILES string of the molecule is N#Cc1ccccc1S(=O)(=O)Nc1ccccc1[N+](=O)[O-]. The van der Waals surface area contributed by atoms with Crippen LogP contribution in [0, 0.1) is 21.4 Å². The summed E-state index contributed by atoms with van der Waals surface area (Å²) in [5.41, 5.74) is -0.561. The van der Waals surface area contributed by atoms with Crippen molar-refractivity contribution >= 4 is 21.4 Å². The summed E-state index contributed by atoms with van der Waals surface area (Å²) in [6.45, 7) is 0. The number of benzene rings is 2. The molecule has 0 spiro atoms. The minimum Gasteiger partial charge on any atom is -0.273 e. The van der Waals surface area contributed by atoms with Gasteiger partial charge in [-0.1, -0.05) is 24.3 Å². The van der Waals surface area contributed by atoms with Crippen molar-refractivity contribution in [3.05, 3.63) is 64.2 Å². The Hall–Kier alpha value is -2.92. The molecule has 8 heteroatoms. The van der Waals surface area contributed by atoms with E-state index in [0.717, 1.165) is 0 Å². The van der Waals surface area contributed by atoms with Crippen LogP contribution in [0.1, 0.15) is 5.56 Å². The van der Waals surface area contributed by atoms with Gasteiger partial charge in [0.2, 0.25) is 0 Å². The van der Waals surface area contributed by atoms with Crippen molar-refractivity contribution in [1.82, 2.24) is 0 Å². The van der Waals surface area contributed by atoms with Crippen LogP contribution in [-0.2, 0) is 10.0 Å². The summed E-state index contributed by atoms with van der Waals surface area (Å²) in [5, 5.41) is 19.8. The van der Waals surface area contributed by atoms with E-state index < -0.39 is 14.9 Å². The highest BCUT2D eigenvalue weighted by Crippen LogP contribution is 2.26. The molecule has 0 atom stereocenters. The number of nitriles is 1. The van der Waals surface area contributed by atoms with Gasteiger partial charge in [0.25, 0.3) is 15.7 Å². The molecule has 2 rings (SSSR count). The Labute approximate surface area is 120 Å². The summed E-state index contributed by atoms with van der Waals surface area (Å²) in [7, 11) is -4.09. The molecular weight excluding hydrogens is 294 g/mol. The normalized spacial score (nSPS) is 10.6. The molecule has 0 bridgehead atoms. The van der Waals surface area contributed by atoms with Gasteiger partial charge in [-0.05, 0) is 18.2 Å². The molecule has 0 heterocycles. The predicted molar refractivity (Wildman–Crippen MR) is 75.1 cm³/mol. The lowest BCUT2D eigenvalue weighted by molar-refractivity contribution is -0.383. The van der Waals surface area contributed by atoms with Crippen LogP contribution >= 0.6 is 0 Å². The quantitative estimate of drug-likeness (QED) is 0.687. The van der Waals surface area contributed by atoms with E-state index in [4.69, 9.17) is 5.26 Å². The van der Waals surface area contributed by atoms with Gasteiger partial charge in [-0.15, -0.1) is 0 Å².